The molecule has 1 saturated carbocycles. The minimum absolute atomic E-state index is 0.0420. The molecule has 0 atom stereocenters. The number of rotatable bonds is 4. The van der Waals surface area contributed by atoms with Gasteiger partial charge in [0.2, 0.25) is 5.91 Å². The Morgan fingerprint density at radius 3 is 2.29 bits per heavy atom. The first-order chi connectivity index (χ1) is 8.07. The van der Waals surface area contributed by atoms with Crippen LogP contribution in [-0.4, -0.2) is 35.0 Å². The van der Waals surface area contributed by atoms with Crippen LogP contribution >= 0.6 is 0 Å². The van der Waals surface area contributed by atoms with Crippen molar-refractivity contribution in [2.24, 2.45) is 11.3 Å². The smallest absolute Gasteiger partial charge is 0.303 e. The highest BCUT2D eigenvalue weighted by Crippen LogP contribution is 2.50. The summed E-state index contributed by atoms with van der Waals surface area (Å²) in [5, 5.41) is 8.74. The zero-order valence-corrected chi connectivity index (χ0v) is 10.4. The summed E-state index contributed by atoms with van der Waals surface area (Å²) >= 11 is 0. The quantitative estimate of drug-likeness (QED) is 0.815. The van der Waals surface area contributed by atoms with Crippen LogP contribution in [0, 0.1) is 11.3 Å². The number of hydrogen-bond acceptors (Lipinski definition) is 2. The average Bonchev–Trinajstić information content (AvgIpc) is 3.09. The van der Waals surface area contributed by atoms with Gasteiger partial charge in [0.15, 0.2) is 0 Å². The van der Waals surface area contributed by atoms with Crippen molar-refractivity contribution < 1.29 is 14.7 Å². The second kappa shape index (κ2) is 4.67. The number of carbonyl (C=O) groups excluding carboxylic acids is 1. The van der Waals surface area contributed by atoms with Crippen LogP contribution in [0.1, 0.15) is 45.4 Å². The molecular formula is C13H21NO3. The number of carbonyl (C=O) groups is 2. The Labute approximate surface area is 102 Å². The average molecular weight is 239 g/mol. The van der Waals surface area contributed by atoms with Gasteiger partial charge in [-0.25, -0.2) is 0 Å². The SMILES string of the molecule is CCC1(C(=O)N2CCC(CC(=O)O)CC2)CC1. The second-order valence-corrected chi connectivity index (χ2v) is 5.47. The van der Waals surface area contributed by atoms with Crippen molar-refractivity contribution >= 4 is 11.9 Å². The third-order valence-electron chi connectivity index (χ3n) is 4.35. The highest BCUT2D eigenvalue weighted by Gasteiger charge is 2.50. The van der Waals surface area contributed by atoms with E-state index in [4.69, 9.17) is 5.11 Å². The standard InChI is InChI=1S/C13H21NO3/c1-2-13(5-6-13)12(17)14-7-3-10(4-8-14)9-11(15)16/h10H,2-9H2,1H3,(H,15,16). The Hall–Kier alpha value is -1.06. The number of carboxylic acid groups (broad SMARTS) is 1. The second-order valence-electron chi connectivity index (χ2n) is 5.47. The third-order valence-corrected chi connectivity index (χ3v) is 4.35. The largest absolute Gasteiger partial charge is 0.481 e. The summed E-state index contributed by atoms with van der Waals surface area (Å²) in [6.45, 7) is 3.58. The van der Waals surface area contributed by atoms with E-state index in [1.54, 1.807) is 0 Å². The summed E-state index contributed by atoms with van der Waals surface area (Å²) < 4.78 is 0. The fraction of sp³-hybridized carbons (Fsp3) is 0.846. The highest BCUT2D eigenvalue weighted by atomic mass is 16.4. The monoisotopic (exact) mass is 239 g/mol. The molecule has 0 aromatic carbocycles. The zero-order chi connectivity index (χ0) is 12.5. The van der Waals surface area contributed by atoms with E-state index >= 15 is 0 Å². The summed E-state index contributed by atoms with van der Waals surface area (Å²) in [6.07, 6.45) is 4.96. The highest BCUT2D eigenvalue weighted by molar-refractivity contribution is 5.85. The number of amides is 1. The number of aliphatic carboxylic acids is 1. The zero-order valence-electron chi connectivity index (χ0n) is 10.4. The molecule has 0 aromatic heterocycles. The van der Waals surface area contributed by atoms with Crippen LogP contribution in [0.25, 0.3) is 0 Å². The van der Waals surface area contributed by atoms with Gasteiger partial charge in [0.05, 0.1) is 0 Å². The number of hydrogen-bond donors (Lipinski definition) is 1. The molecule has 1 amide bonds. The lowest BCUT2D eigenvalue weighted by molar-refractivity contribution is -0.140. The molecule has 0 spiro atoms. The Morgan fingerprint density at radius 1 is 1.29 bits per heavy atom. The molecule has 0 unspecified atom stereocenters. The molecule has 0 radical (unpaired) electrons. The van der Waals surface area contributed by atoms with E-state index in [1.165, 1.54) is 0 Å². The van der Waals surface area contributed by atoms with Gasteiger partial charge < -0.3 is 10.0 Å². The van der Waals surface area contributed by atoms with Gasteiger partial charge >= 0.3 is 5.97 Å². The Kier molecular flexibility index (Phi) is 3.40. The molecule has 0 bridgehead atoms. The van der Waals surface area contributed by atoms with E-state index in [1.807, 2.05) is 4.90 Å². The Balaban J connectivity index is 1.83. The van der Waals surface area contributed by atoms with Crippen molar-refractivity contribution in [1.82, 2.24) is 4.90 Å². The van der Waals surface area contributed by atoms with E-state index in [2.05, 4.69) is 6.92 Å². The summed E-state index contributed by atoms with van der Waals surface area (Å²) in [4.78, 5) is 24.8. The predicted octanol–water partition coefficient (Wildman–Crippen LogP) is 1.89. The minimum atomic E-state index is -0.720. The van der Waals surface area contributed by atoms with Crippen molar-refractivity contribution in [2.75, 3.05) is 13.1 Å². The van der Waals surface area contributed by atoms with Crippen LogP contribution in [0.3, 0.4) is 0 Å². The molecule has 2 fully saturated rings. The maximum Gasteiger partial charge on any atom is 0.303 e. The van der Waals surface area contributed by atoms with Crippen LogP contribution in [-0.2, 0) is 9.59 Å². The van der Waals surface area contributed by atoms with E-state index < -0.39 is 5.97 Å². The lowest BCUT2D eigenvalue weighted by atomic mass is 9.92. The maximum atomic E-state index is 12.3. The van der Waals surface area contributed by atoms with Crippen molar-refractivity contribution in [3.05, 3.63) is 0 Å². The minimum Gasteiger partial charge on any atom is -0.481 e. The van der Waals surface area contributed by atoms with Crippen molar-refractivity contribution in [1.29, 1.82) is 0 Å². The molecule has 1 saturated heterocycles. The van der Waals surface area contributed by atoms with Crippen molar-refractivity contribution in [3.8, 4) is 0 Å². The number of carboxylic acids is 1. The molecule has 1 heterocycles. The Morgan fingerprint density at radius 2 is 1.88 bits per heavy atom. The van der Waals surface area contributed by atoms with Gasteiger partial charge in [-0.1, -0.05) is 6.92 Å². The van der Waals surface area contributed by atoms with Gasteiger partial charge in [0, 0.05) is 24.9 Å². The van der Waals surface area contributed by atoms with Gasteiger partial charge in [-0.15, -0.1) is 0 Å². The molecule has 1 aliphatic heterocycles. The van der Waals surface area contributed by atoms with E-state index in [0.29, 0.717) is 5.91 Å². The maximum absolute atomic E-state index is 12.3. The third kappa shape index (κ3) is 2.61. The fourth-order valence-electron chi connectivity index (χ4n) is 2.79. The number of likely N-dealkylation sites (tertiary alicyclic amines) is 1. The topological polar surface area (TPSA) is 57.6 Å². The fourth-order valence-corrected chi connectivity index (χ4v) is 2.79. The first-order valence-electron chi connectivity index (χ1n) is 6.58. The van der Waals surface area contributed by atoms with Crippen LogP contribution in [0.5, 0.6) is 0 Å². The van der Waals surface area contributed by atoms with E-state index in [9.17, 15) is 9.59 Å². The van der Waals surface area contributed by atoms with Crippen molar-refractivity contribution in [2.45, 2.75) is 45.4 Å². The molecule has 96 valence electrons. The number of nitrogens with zero attached hydrogens (tertiary/aromatic N) is 1. The summed E-state index contributed by atoms with van der Waals surface area (Å²) in [6, 6.07) is 0. The van der Waals surface area contributed by atoms with Gasteiger partial charge in [0.1, 0.15) is 0 Å². The first-order valence-corrected chi connectivity index (χ1v) is 6.58. The Bertz CT molecular complexity index is 315. The lowest BCUT2D eigenvalue weighted by Crippen LogP contribution is -2.42. The van der Waals surface area contributed by atoms with Gasteiger partial charge in [-0.05, 0) is 38.0 Å². The first kappa shape index (κ1) is 12.4. The molecule has 1 N–H and O–H groups in total. The van der Waals surface area contributed by atoms with Gasteiger partial charge in [-0.3, -0.25) is 9.59 Å². The molecule has 17 heavy (non-hydrogen) atoms. The summed E-state index contributed by atoms with van der Waals surface area (Å²) in [7, 11) is 0. The molecule has 4 heteroatoms. The van der Waals surface area contributed by atoms with Gasteiger partial charge in [-0.2, -0.15) is 0 Å². The predicted molar refractivity (Wildman–Crippen MR) is 63.5 cm³/mol. The van der Waals surface area contributed by atoms with Crippen LogP contribution in [0.4, 0.5) is 0 Å². The molecule has 0 aromatic rings. The molecule has 1 aliphatic carbocycles. The van der Waals surface area contributed by atoms with Crippen LogP contribution in [0.2, 0.25) is 0 Å². The van der Waals surface area contributed by atoms with Crippen molar-refractivity contribution in [3.63, 3.8) is 0 Å². The normalized spacial score (nSPS) is 23.5. The molecular weight excluding hydrogens is 218 g/mol. The number of piperidine rings is 1. The van der Waals surface area contributed by atoms with E-state index in [0.717, 1.165) is 45.2 Å². The lowest BCUT2D eigenvalue weighted by Gasteiger charge is -2.33. The summed E-state index contributed by atoms with van der Waals surface area (Å²) in [5.41, 5.74) is -0.0420. The van der Waals surface area contributed by atoms with Crippen LogP contribution < -0.4 is 0 Å². The van der Waals surface area contributed by atoms with Gasteiger partial charge in [0.25, 0.3) is 0 Å². The molecule has 2 aliphatic rings. The summed E-state index contributed by atoms with van der Waals surface area (Å²) in [5.74, 6) is -0.149. The molecule has 2 rings (SSSR count). The van der Waals surface area contributed by atoms with Crippen LogP contribution in [0.15, 0.2) is 0 Å². The molecule has 4 nitrogen and oxygen atoms in total. The van der Waals surface area contributed by atoms with E-state index in [-0.39, 0.29) is 17.8 Å².